The van der Waals surface area contributed by atoms with E-state index in [1.165, 1.54) is 36.4 Å². The highest BCUT2D eigenvalue weighted by atomic mass is 32.2. The summed E-state index contributed by atoms with van der Waals surface area (Å²) in [5.74, 6) is -0.532. The Morgan fingerprint density at radius 2 is 1.64 bits per heavy atom. The van der Waals surface area contributed by atoms with Gasteiger partial charge < -0.3 is 4.98 Å². The molecular weight excluding hydrogens is 379 g/mol. The minimum atomic E-state index is -3.90. The number of aromatic nitrogens is 1. The lowest BCUT2D eigenvalue weighted by Gasteiger charge is -2.10. The van der Waals surface area contributed by atoms with Crippen molar-refractivity contribution in [3.8, 4) is 11.1 Å². The molecule has 0 aliphatic carbocycles. The second kappa shape index (κ2) is 6.94. The minimum Gasteiger partial charge on any atom is -0.361 e. The van der Waals surface area contributed by atoms with Gasteiger partial charge in [-0.2, -0.15) is 0 Å². The molecule has 2 N–H and O–H groups in total. The molecule has 0 aliphatic heterocycles. The van der Waals surface area contributed by atoms with Gasteiger partial charge in [0.15, 0.2) is 5.43 Å². The predicted octanol–water partition coefficient (Wildman–Crippen LogP) is 4.14. The first-order valence-corrected chi connectivity index (χ1v) is 9.91. The third-order valence-corrected chi connectivity index (χ3v) is 5.69. The normalized spacial score (nSPS) is 11.5. The van der Waals surface area contributed by atoms with Gasteiger partial charge in [-0.05, 0) is 53.6 Å². The fourth-order valence-electron chi connectivity index (χ4n) is 2.96. The van der Waals surface area contributed by atoms with E-state index in [0.717, 1.165) is 6.07 Å². The molecule has 1 aromatic heterocycles. The summed E-state index contributed by atoms with van der Waals surface area (Å²) in [4.78, 5) is 15.1. The van der Waals surface area contributed by atoms with Gasteiger partial charge in [-0.15, -0.1) is 0 Å². The van der Waals surface area contributed by atoms with Gasteiger partial charge in [0.2, 0.25) is 0 Å². The summed E-state index contributed by atoms with van der Waals surface area (Å²) in [6.45, 7) is 0. The lowest BCUT2D eigenvalue weighted by Crippen LogP contribution is -2.13. The molecule has 0 bridgehead atoms. The molecule has 5 nitrogen and oxygen atoms in total. The Balaban J connectivity index is 1.73. The summed E-state index contributed by atoms with van der Waals surface area (Å²) in [5, 5.41) is 0.520. The van der Waals surface area contributed by atoms with Gasteiger partial charge in [0.1, 0.15) is 5.82 Å². The molecule has 28 heavy (non-hydrogen) atoms. The Morgan fingerprint density at radius 1 is 0.857 bits per heavy atom. The first-order chi connectivity index (χ1) is 13.4. The highest BCUT2D eigenvalue weighted by molar-refractivity contribution is 7.92. The lowest BCUT2D eigenvalue weighted by molar-refractivity contribution is 0.601. The van der Waals surface area contributed by atoms with Crippen molar-refractivity contribution < 1.29 is 12.8 Å². The second-order valence-electron chi connectivity index (χ2n) is 6.25. The van der Waals surface area contributed by atoms with Crippen molar-refractivity contribution in [2.45, 2.75) is 4.90 Å². The van der Waals surface area contributed by atoms with Crippen LogP contribution in [0.1, 0.15) is 0 Å². The summed E-state index contributed by atoms with van der Waals surface area (Å²) < 4.78 is 41.0. The second-order valence-corrected chi connectivity index (χ2v) is 7.93. The third-order valence-electron chi connectivity index (χ3n) is 4.31. The fraction of sp³-hybridized carbons (Fsp3) is 0. The Kier molecular flexibility index (Phi) is 4.44. The van der Waals surface area contributed by atoms with Crippen LogP contribution in [0.3, 0.4) is 0 Å². The standard InChI is InChI=1S/C21H15FN2O3S/c22-16-4-2-5-17(13-16)24-28(26,27)18-6-1-3-14(11-18)15-7-8-20-19(12-15)21(25)9-10-23-20/h1-13,24H,(H,23,25). The Labute approximate surface area is 160 Å². The van der Waals surface area contributed by atoms with E-state index in [1.54, 1.807) is 30.5 Å². The van der Waals surface area contributed by atoms with Crippen molar-refractivity contribution in [3.05, 3.63) is 95.0 Å². The van der Waals surface area contributed by atoms with Gasteiger partial charge >= 0.3 is 0 Å². The number of rotatable bonds is 4. The van der Waals surface area contributed by atoms with Crippen molar-refractivity contribution in [1.82, 2.24) is 4.98 Å². The quantitative estimate of drug-likeness (QED) is 0.546. The zero-order valence-corrected chi connectivity index (χ0v) is 15.3. The van der Waals surface area contributed by atoms with Gasteiger partial charge in [-0.25, -0.2) is 12.8 Å². The van der Waals surface area contributed by atoms with Crippen molar-refractivity contribution in [3.63, 3.8) is 0 Å². The molecule has 0 saturated carbocycles. The van der Waals surface area contributed by atoms with E-state index < -0.39 is 15.8 Å². The maximum Gasteiger partial charge on any atom is 0.261 e. The molecule has 3 aromatic carbocycles. The first kappa shape index (κ1) is 17.9. The highest BCUT2D eigenvalue weighted by Crippen LogP contribution is 2.26. The smallest absolute Gasteiger partial charge is 0.261 e. The number of sulfonamides is 1. The zero-order chi connectivity index (χ0) is 19.7. The van der Waals surface area contributed by atoms with E-state index in [0.29, 0.717) is 22.0 Å². The maximum absolute atomic E-state index is 13.3. The fourth-order valence-corrected chi connectivity index (χ4v) is 4.05. The number of H-pyrrole nitrogens is 1. The van der Waals surface area contributed by atoms with Crippen LogP contribution < -0.4 is 10.2 Å². The predicted molar refractivity (Wildman–Crippen MR) is 107 cm³/mol. The van der Waals surface area contributed by atoms with E-state index in [9.17, 15) is 17.6 Å². The van der Waals surface area contributed by atoms with Crippen molar-refractivity contribution in [2.24, 2.45) is 0 Å². The SMILES string of the molecule is O=c1cc[nH]c2ccc(-c3cccc(S(=O)(=O)Nc4cccc(F)c4)c3)cc12. The Hall–Kier alpha value is -3.45. The molecule has 1 heterocycles. The van der Waals surface area contributed by atoms with Crippen LogP contribution in [-0.4, -0.2) is 13.4 Å². The number of benzene rings is 3. The molecule has 4 rings (SSSR count). The Bertz CT molecular complexity index is 1350. The Morgan fingerprint density at radius 3 is 2.46 bits per heavy atom. The molecule has 140 valence electrons. The largest absolute Gasteiger partial charge is 0.361 e. The van der Waals surface area contributed by atoms with Crippen LogP contribution in [0.4, 0.5) is 10.1 Å². The van der Waals surface area contributed by atoms with E-state index in [2.05, 4.69) is 9.71 Å². The van der Waals surface area contributed by atoms with Crippen LogP contribution in [0.5, 0.6) is 0 Å². The molecule has 4 aromatic rings. The van der Waals surface area contributed by atoms with Crippen molar-refractivity contribution >= 4 is 26.6 Å². The van der Waals surface area contributed by atoms with Gasteiger partial charge in [0.25, 0.3) is 10.0 Å². The van der Waals surface area contributed by atoms with Crippen molar-refractivity contribution in [2.75, 3.05) is 4.72 Å². The maximum atomic E-state index is 13.3. The van der Waals surface area contributed by atoms with Crippen LogP contribution in [0.2, 0.25) is 0 Å². The summed E-state index contributed by atoms with van der Waals surface area (Å²) in [7, 11) is -3.90. The number of aromatic amines is 1. The van der Waals surface area contributed by atoms with E-state index in [1.807, 2.05) is 6.07 Å². The molecule has 0 atom stereocenters. The van der Waals surface area contributed by atoms with E-state index in [-0.39, 0.29) is 16.0 Å². The highest BCUT2D eigenvalue weighted by Gasteiger charge is 2.15. The summed E-state index contributed by atoms with van der Waals surface area (Å²) in [6.07, 6.45) is 1.58. The number of anilines is 1. The molecular formula is C21H15FN2O3S. The summed E-state index contributed by atoms with van der Waals surface area (Å²) in [6, 6.07) is 18.3. The number of nitrogens with one attached hydrogen (secondary N) is 2. The van der Waals surface area contributed by atoms with Gasteiger partial charge in [0, 0.05) is 23.2 Å². The van der Waals surface area contributed by atoms with E-state index in [4.69, 9.17) is 0 Å². The summed E-state index contributed by atoms with van der Waals surface area (Å²) in [5.41, 5.74) is 2.09. The number of hydrogen-bond donors (Lipinski definition) is 2. The van der Waals surface area contributed by atoms with Gasteiger partial charge in [-0.3, -0.25) is 9.52 Å². The van der Waals surface area contributed by atoms with Crippen LogP contribution in [0.15, 0.2) is 88.7 Å². The zero-order valence-electron chi connectivity index (χ0n) is 14.5. The molecule has 0 saturated heterocycles. The molecule has 0 unspecified atom stereocenters. The lowest BCUT2D eigenvalue weighted by atomic mass is 10.0. The van der Waals surface area contributed by atoms with E-state index >= 15 is 0 Å². The average Bonchev–Trinajstić information content (AvgIpc) is 2.68. The molecule has 0 fully saturated rings. The van der Waals surface area contributed by atoms with Crippen LogP contribution in [0.25, 0.3) is 22.0 Å². The number of fused-ring (bicyclic) bond motifs is 1. The molecule has 0 spiro atoms. The van der Waals surface area contributed by atoms with Crippen molar-refractivity contribution in [1.29, 1.82) is 0 Å². The van der Waals surface area contributed by atoms with Crippen LogP contribution in [-0.2, 0) is 10.0 Å². The van der Waals surface area contributed by atoms with Gasteiger partial charge in [-0.1, -0.05) is 24.3 Å². The summed E-state index contributed by atoms with van der Waals surface area (Å²) >= 11 is 0. The average molecular weight is 394 g/mol. The van der Waals surface area contributed by atoms with Crippen LogP contribution in [0, 0.1) is 5.82 Å². The minimum absolute atomic E-state index is 0.0383. The molecule has 0 aliphatic rings. The number of hydrogen-bond acceptors (Lipinski definition) is 3. The van der Waals surface area contributed by atoms with Crippen LogP contribution >= 0.6 is 0 Å². The monoisotopic (exact) mass is 394 g/mol. The number of pyridine rings is 1. The third kappa shape index (κ3) is 3.52. The number of halogens is 1. The molecule has 0 amide bonds. The topological polar surface area (TPSA) is 79.0 Å². The molecule has 0 radical (unpaired) electrons. The van der Waals surface area contributed by atoms with Gasteiger partial charge in [0.05, 0.1) is 10.6 Å². The molecule has 7 heteroatoms. The first-order valence-electron chi connectivity index (χ1n) is 8.43.